The fourth-order valence-electron chi connectivity index (χ4n) is 1.80. The highest BCUT2D eigenvalue weighted by atomic mass is 79.9. The molecule has 3 nitrogen and oxygen atoms in total. The van der Waals surface area contributed by atoms with Crippen LogP contribution in [0, 0.1) is 0 Å². The summed E-state index contributed by atoms with van der Waals surface area (Å²) in [6.07, 6.45) is 2.76. The molecule has 0 N–H and O–H groups in total. The van der Waals surface area contributed by atoms with Gasteiger partial charge in [0.15, 0.2) is 5.65 Å². The van der Waals surface area contributed by atoms with Crippen LogP contribution in [0.3, 0.4) is 0 Å². The third-order valence-electron chi connectivity index (χ3n) is 2.40. The predicted molar refractivity (Wildman–Crippen MR) is 65.0 cm³/mol. The van der Waals surface area contributed by atoms with E-state index in [1.807, 2.05) is 12.3 Å². The van der Waals surface area contributed by atoms with Crippen LogP contribution < -0.4 is 0 Å². The monoisotopic (exact) mass is 267 g/mol. The summed E-state index contributed by atoms with van der Waals surface area (Å²) >= 11 is 3.41. The highest BCUT2D eigenvalue weighted by molar-refractivity contribution is 9.10. The largest absolute Gasteiger partial charge is 0.310 e. The van der Waals surface area contributed by atoms with Crippen LogP contribution in [0.2, 0.25) is 0 Å². The van der Waals surface area contributed by atoms with Gasteiger partial charge in [0.05, 0.1) is 0 Å². The summed E-state index contributed by atoms with van der Waals surface area (Å²) in [6.45, 7) is 6.43. The van der Waals surface area contributed by atoms with Crippen molar-refractivity contribution in [2.24, 2.45) is 0 Å². The van der Waals surface area contributed by atoms with Gasteiger partial charge in [0.25, 0.3) is 0 Å². The van der Waals surface area contributed by atoms with Gasteiger partial charge in [-0.1, -0.05) is 6.92 Å². The Bertz CT molecular complexity index is 488. The molecule has 0 spiro atoms. The van der Waals surface area contributed by atoms with Crippen LogP contribution in [0.5, 0.6) is 0 Å². The van der Waals surface area contributed by atoms with Gasteiger partial charge in [0.2, 0.25) is 0 Å². The van der Waals surface area contributed by atoms with Crippen LogP contribution >= 0.6 is 15.9 Å². The van der Waals surface area contributed by atoms with Crippen molar-refractivity contribution < 1.29 is 0 Å². The molecule has 0 aliphatic carbocycles. The fraction of sp³-hybridized carbons (Fsp3) is 0.455. The van der Waals surface area contributed by atoms with Crippen molar-refractivity contribution in [3.8, 4) is 0 Å². The third-order valence-corrected chi connectivity index (χ3v) is 2.84. The van der Waals surface area contributed by atoms with Crippen LogP contribution in [0.25, 0.3) is 11.2 Å². The van der Waals surface area contributed by atoms with Crippen LogP contribution in [-0.4, -0.2) is 14.5 Å². The quantitative estimate of drug-likeness (QED) is 0.836. The Morgan fingerprint density at radius 2 is 2.20 bits per heavy atom. The highest BCUT2D eigenvalue weighted by Gasteiger charge is 2.12. The zero-order valence-corrected chi connectivity index (χ0v) is 10.7. The topological polar surface area (TPSA) is 30.7 Å². The van der Waals surface area contributed by atoms with E-state index < -0.39 is 0 Å². The highest BCUT2D eigenvalue weighted by Crippen LogP contribution is 2.22. The normalized spacial score (nSPS) is 11.5. The maximum atomic E-state index is 4.58. The number of nitrogens with zero attached hydrogens (tertiary/aromatic N) is 3. The van der Waals surface area contributed by atoms with Gasteiger partial charge >= 0.3 is 0 Å². The lowest BCUT2D eigenvalue weighted by atomic mass is 10.3. The third kappa shape index (κ3) is 1.78. The maximum absolute atomic E-state index is 4.58. The summed E-state index contributed by atoms with van der Waals surface area (Å²) in [5.74, 6) is 1.10. The smallest absolute Gasteiger partial charge is 0.160 e. The molecule has 0 bridgehead atoms. The Morgan fingerprint density at radius 3 is 2.80 bits per heavy atom. The molecule has 80 valence electrons. The Labute approximate surface area is 97.7 Å². The van der Waals surface area contributed by atoms with E-state index in [2.05, 4.69) is 51.2 Å². The molecule has 0 aliphatic rings. The second-order valence-corrected chi connectivity index (χ2v) is 4.76. The maximum Gasteiger partial charge on any atom is 0.160 e. The standard InChI is InChI=1S/C11H14BrN3/c1-4-10-14-9-5-8(12)6-13-11(9)15(10)7(2)3/h5-7H,4H2,1-3H3. The Balaban J connectivity index is 2.74. The SMILES string of the molecule is CCc1nc2cc(Br)cnc2n1C(C)C. The lowest BCUT2D eigenvalue weighted by Crippen LogP contribution is -2.05. The van der Waals surface area contributed by atoms with Crippen LogP contribution in [-0.2, 0) is 6.42 Å². The first-order valence-corrected chi connectivity index (χ1v) is 5.95. The minimum absolute atomic E-state index is 0.402. The van der Waals surface area contributed by atoms with Crippen molar-refractivity contribution in [3.63, 3.8) is 0 Å². The number of hydrogen-bond donors (Lipinski definition) is 0. The van der Waals surface area contributed by atoms with Crippen molar-refractivity contribution in [2.75, 3.05) is 0 Å². The van der Waals surface area contributed by atoms with Crippen LogP contribution in [0.15, 0.2) is 16.7 Å². The van der Waals surface area contributed by atoms with Crippen molar-refractivity contribution in [1.82, 2.24) is 14.5 Å². The second kappa shape index (κ2) is 3.93. The number of pyridine rings is 1. The van der Waals surface area contributed by atoms with Crippen LogP contribution in [0.4, 0.5) is 0 Å². The molecule has 0 aliphatic heterocycles. The minimum Gasteiger partial charge on any atom is -0.310 e. The summed E-state index contributed by atoms with van der Waals surface area (Å²) < 4.78 is 3.17. The molecule has 2 heterocycles. The number of halogens is 1. The van der Waals surface area contributed by atoms with Gasteiger partial charge in [0, 0.05) is 23.1 Å². The van der Waals surface area contributed by atoms with Crippen LogP contribution in [0.1, 0.15) is 32.6 Å². The van der Waals surface area contributed by atoms with Crippen molar-refractivity contribution in [3.05, 3.63) is 22.6 Å². The fourth-order valence-corrected chi connectivity index (χ4v) is 2.12. The number of aryl methyl sites for hydroxylation is 1. The molecule has 15 heavy (non-hydrogen) atoms. The predicted octanol–water partition coefficient (Wildman–Crippen LogP) is 3.34. The molecule has 0 unspecified atom stereocenters. The number of aromatic nitrogens is 3. The van der Waals surface area contributed by atoms with E-state index in [4.69, 9.17) is 0 Å². The Kier molecular flexibility index (Phi) is 2.78. The second-order valence-electron chi connectivity index (χ2n) is 3.84. The molecule has 2 aromatic rings. The summed E-state index contributed by atoms with van der Waals surface area (Å²) in [7, 11) is 0. The molecular weight excluding hydrogens is 254 g/mol. The van der Waals surface area contributed by atoms with E-state index in [-0.39, 0.29) is 0 Å². The van der Waals surface area contributed by atoms with E-state index in [0.717, 1.165) is 27.9 Å². The lowest BCUT2D eigenvalue weighted by molar-refractivity contribution is 0.584. The molecule has 0 saturated carbocycles. The van der Waals surface area contributed by atoms with Gasteiger partial charge < -0.3 is 4.57 Å². The van der Waals surface area contributed by atoms with E-state index in [9.17, 15) is 0 Å². The van der Waals surface area contributed by atoms with E-state index in [0.29, 0.717) is 6.04 Å². The van der Waals surface area contributed by atoms with Gasteiger partial charge in [-0.25, -0.2) is 9.97 Å². The van der Waals surface area contributed by atoms with E-state index in [1.54, 1.807) is 0 Å². The zero-order chi connectivity index (χ0) is 11.0. The molecule has 0 aromatic carbocycles. The summed E-state index contributed by atoms with van der Waals surface area (Å²) in [6, 6.07) is 2.42. The molecule has 4 heteroatoms. The van der Waals surface area contributed by atoms with Gasteiger partial charge in [-0.05, 0) is 35.8 Å². The van der Waals surface area contributed by atoms with E-state index >= 15 is 0 Å². The van der Waals surface area contributed by atoms with Gasteiger partial charge in [-0.2, -0.15) is 0 Å². The van der Waals surface area contributed by atoms with Gasteiger partial charge in [0.1, 0.15) is 11.3 Å². The molecule has 0 saturated heterocycles. The molecular formula is C11H14BrN3. The summed E-state index contributed by atoms with van der Waals surface area (Å²) in [5.41, 5.74) is 1.94. The van der Waals surface area contributed by atoms with Gasteiger partial charge in [-0.15, -0.1) is 0 Å². The Hall–Kier alpha value is -0.900. The lowest BCUT2D eigenvalue weighted by Gasteiger charge is -2.10. The number of imidazole rings is 1. The Morgan fingerprint density at radius 1 is 1.47 bits per heavy atom. The first kappa shape index (κ1) is 10.6. The summed E-state index contributed by atoms with van der Waals surface area (Å²) in [5, 5.41) is 0. The molecule has 0 amide bonds. The number of hydrogen-bond acceptors (Lipinski definition) is 2. The van der Waals surface area contributed by atoms with Crippen molar-refractivity contribution >= 4 is 27.1 Å². The minimum atomic E-state index is 0.402. The van der Waals surface area contributed by atoms with Crippen molar-refractivity contribution in [2.45, 2.75) is 33.2 Å². The number of fused-ring (bicyclic) bond motifs is 1. The molecule has 2 rings (SSSR count). The molecule has 0 fully saturated rings. The first-order chi connectivity index (χ1) is 7.13. The first-order valence-electron chi connectivity index (χ1n) is 5.15. The zero-order valence-electron chi connectivity index (χ0n) is 9.16. The van der Waals surface area contributed by atoms with Crippen molar-refractivity contribution in [1.29, 1.82) is 0 Å². The average Bonchev–Trinajstić information content (AvgIpc) is 2.54. The van der Waals surface area contributed by atoms with E-state index in [1.165, 1.54) is 0 Å². The van der Waals surface area contributed by atoms with Gasteiger partial charge in [-0.3, -0.25) is 0 Å². The molecule has 0 radical (unpaired) electrons. The molecule has 0 atom stereocenters. The number of rotatable bonds is 2. The summed E-state index contributed by atoms with van der Waals surface area (Å²) in [4.78, 5) is 9.01. The molecule has 2 aromatic heterocycles. The average molecular weight is 268 g/mol.